The van der Waals surface area contributed by atoms with Gasteiger partial charge in [-0.15, -0.1) is 0 Å². The summed E-state index contributed by atoms with van der Waals surface area (Å²) < 4.78 is 0. The molecule has 0 saturated carbocycles. The zero-order chi connectivity index (χ0) is 13.1. The number of anilines is 1. The minimum Gasteiger partial charge on any atom is -0.399 e. The molecule has 0 fully saturated rings. The van der Waals surface area contributed by atoms with Crippen molar-refractivity contribution in [3.63, 3.8) is 0 Å². The van der Waals surface area contributed by atoms with Gasteiger partial charge in [0.05, 0.1) is 0 Å². The first-order valence-electron chi connectivity index (χ1n) is 6.04. The number of pyridine rings is 2. The van der Waals surface area contributed by atoms with Gasteiger partial charge in [-0.05, 0) is 64.7 Å². The normalized spacial score (nSPS) is 10.3. The number of hydrogen-bond donors (Lipinski definition) is 1. The van der Waals surface area contributed by atoms with Crippen LogP contribution in [0.2, 0.25) is 0 Å². The second-order valence-corrected chi connectivity index (χ2v) is 4.32. The van der Waals surface area contributed by atoms with Gasteiger partial charge in [0, 0.05) is 30.5 Å². The Morgan fingerprint density at radius 1 is 0.579 bits per heavy atom. The van der Waals surface area contributed by atoms with Crippen LogP contribution < -0.4 is 5.73 Å². The highest BCUT2D eigenvalue weighted by Gasteiger charge is 2.03. The first-order valence-corrected chi connectivity index (χ1v) is 6.04. The van der Waals surface area contributed by atoms with Gasteiger partial charge in [-0.1, -0.05) is 0 Å². The molecule has 0 amide bonds. The van der Waals surface area contributed by atoms with E-state index in [-0.39, 0.29) is 0 Å². The lowest BCUT2D eigenvalue weighted by Crippen LogP contribution is -1.89. The van der Waals surface area contributed by atoms with Crippen molar-refractivity contribution in [3.8, 4) is 22.3 Å². The zero-order valence-electron chi connectivity index (χ0n) is 10.3. The van der Waals surface area contributed by atoms with Crippen LogP contribution in [0.3, 0.4) is 0 Å². The van der Waals surface area contributed by atoms with E-state index in [1.807, 2.05) is 36.4 Å². The number of nitrogens with zero attached hydrogens (tertiary/aromatic N) is 2. The summed E-state index contributed by atoms with van der Waals surface area (Å²) >= 11 is 0. The molecule has 2 heterocycles. The fraction of sp³-hybridized carbons (Fsp3) is 0. The van der Waals surface area contributed by atoms with Crippen LogP contribution in [0.15, 0.2) is 67.3 Å². The molecule has 3 heteroatoms. The summed E-state index contributed by atoms with van der Waals surface area (Å²) in [5.41, 5.74) is 11.2. The second-order valence-electron chi connectivity index (χ2n) is 4.32. The number of nitrogens with two attached hydrogens (primary N) is 1. The number of hydrogen-bond acceptors (Lipinski definition) is 3. The quantitative estimate of drug-likeness (QED) is 0.706. The molecule has 3 aromatic rings. The van der Waals surface area contributed by atoms with Crippen molar-refractivity contribution in [2.45, 2.75) is 0 Å². The van der Waals surface area contributed by atoms with Crippen molar-refractivity contribution in [1.82, 2.24) is 9.97 Å². The molecule has 19 heavy (non-hydrogen) atoms. The van der Waals surface area contributed by atoms with Gasteiger partial charge in [0.15, 0.2) is 0 Å². The minimum atomic E-state index is 0.751. The number of nitrogen functional groups attached to an aromatic ring is 1. The van der Waals surface area contributed by atoms with Crippen molar-refractivity contribution in [3.05, 3.63) is 67.3 Å². The molecule has 3 rings (SSSR count). The third kappa shape index (κ3) is 2.45. The zero-order valence-corrected chi connectivity index (χ0v) is 10.3. The Hall–Kier alpha value is -2.68. The Bertz CT molecular complexity index is 621. The Balaban J connectivity index is 2.12. The molecule has 0 aliphatic rings. The summed E-state index contributed by atoms with van der Waals surface area (Å²) in [7, 11) is 0. The fourth-order valence-corrected chi connectivity index (χ4v) is 2.07. The number of rotatable bonds is 2. The first kappa shape index (κ1) is 11.4. The molecule has 0 aliphatic heterocycles. The Kier molecular flexibility index (Phi) is 2.94. The smallest absolute Gasteiger partial charge is 0.0326 e. The topological polar surface area (TPSA) is 51.8 Å². The van der Waals surface area contributed by atoms with E-state index in [4.69, 9.17) is 5.73 Å². The highest BCUT2D eigenvalue weighted by atomic mass is 14.6. The Morgan fingerprint density at radius 3 is 1.42 bits per heavy atom. The van der Waals surface area contributed by atoms with Gasteiger partial charge in [0.2, 0.25) is 0 Å². The predicted molar refractivity (Wildman–Crippen MR) is 77.3 cm³/mol. The van der Waals surface area contributed by atoms with E-state index >= 15 is 0 Å². The van der Waals surface area contributed by atoms with Gasteiger partial charge >= 0.3 is 0 Å². The van der Waals surface area contributed by atoms with Gasteiger partial charge in [-0.3, -0.25) is 9.97 Å². The lowest BCUT2D eigenvalue weighted by molar-refractivity contribution is 1.33. The van der Waals surface area contributed by atoms with Gasteiger partial charge < -0.3 is 5.73 Å². The van der Waals surface area contributed by atoms with Crippen LogP contribution in [0.4, 0.5) is 5.69 Å². The highest BCUT2D eigenvalue weighted by molar-refractivity contribution is 5.77. The largest absolute Gasteiger partial charge is 0.399 e. The van der Waals surface area contributed by atoms with Crippen molar-refractivity contribution in [2.24, 2.45) is 0 Å². The molecule has 2 N–H and O–H groups in total. The van der Waals surface area contributed by atoms with Crippen molar-refractivity contribution in [2.75, 3.05) is 5.73 Å². The van der Waals surface area contributed by atoms with Crippen LogP contribution in [0.25, 0.3) is 22.3 Å². The van der Waals surface area contributed by atoms with Crippen LogP contribution in [-0.2, 0) is 0 Å². The lowest BCUT2D eigenvalue weighted by atomic mass is 9.99. The summed E-state index contributed by atoms with van der Waals surface area (Å²) in [6.45, 7) is 0. The van der Waals surface area contributed by atoms with Crippen LogP contribution in [0.1, 0.15) is 0 Å². The van der Waals surface area contributed by atoms with E-state index in [1.54, 1.807) is 24.8 Å². The maximum Gasteiger partial charge on any atom is 0.0326 e. The predicted octanol–water partition coefficient (Wildman–Crippen LogP) is 3.39. The Morgan fingerprint density at radius 2 is 1.00 bits per heavy atom. The average molecular weight is 247 g/mol. The van der Waals surface area contributed by atoms with Gasteiger partial charge in [-0.25, -0.2) is 0 Å². The van der Waals surface area contributed by atoms with Crippen molar-refractivity contribution in [1.29, 1.82) is 0 Å². The van der Waals surface area contributed by atoms with Crippen LogP contribution >= 0.6 is 0 Å². The summed E-state index contributed by atoms with van der Waals surface area (Å²) in [6.07, 6.45) is 7.13. The molecule has 0 radical (unpaired) electrons. The van der Waals surface area contributed by atoms with Gasteiger partial charge in [0.25, 0.3) is 0 Å². The van der Waals surface area contributed by atoms with Crippen LogP contribution in [0.5, 0.6) is 0 Å². The molecule has 1 aromatic carbocycles. The van der Waals surface area contributed by atoms with E-state index in [2.05, 4.69) is 16.0 Å². The van der Waals surface area contributed by atoms with E-state index in [0.717, 1.165) is 27.9 Å². The van der Waals surface area contributed by atoms with E-state index in [1.165, 1.54) is 0 Å². The molecule has 0 spiro atoms. The second kappa shape index (κ2) is 4.90. The molecule has 2 aromatic heterocycles. The highest BCUT2D eigenvalue weighted by Crippen LogP contribution is 2.28. The molecule has 0 saturated heterocycles. The van der Waals surface area contributed by atoms with Crippen LogP contribution in [0, 0.1) is 0 Å². The Labute approximate surface area is 111 Å². The maximum absolute atomic E-state index is 6.00. The van der Waals surface area contributed by atoms with E-state index in [9.17, 15) is 0 Å². The monoisotopic (exact) mass is 247 g/mol. The molecule has 92 valence electrons. The number of benzene rings is 1. The standard InChI is InChI=1S/C16H13N3/c17-16-10-14(12-1-5-18-6-2-12)9-15(11-16)13-3-7-19-8-4-13/h1-11H,17H2. The third-order valence-corrected chi connectivity index (χ3v) is 2.98. The lowest BCUT2D eigenvalue weighted by Gasteiger charge is -2.08. The van der Waals surface area contributed by atoms with Crippen molar-refractivity contribution >= 4 is 5.69 Å². The van der Waals surface area contributed by atoms with E-state index in [0.29, 0.717) is 0 Å². The SMILES string of the molecule is Nc1cc(-c2ccncc2)cc(-c2ccncc2)c1. The van der Waals surface area contributed by atoms with E-state index < -0.39 is 0 Å². The summed E-state index contributed by atoms with van der Waals surface area (Å²) in [5.74, 6) is 0. The maximum atomic E-state index is 6.00. The molecule has 0 bridgehead atoms. The van der Waals surface area contributed by atoms with Gasteiger partial charge in [-0.2, -0.15) is 0 Å². The summed E-state index contributed by atoms with van der Waals surface area (Å²) in [4.78, 5) is 8.07. The molecular formula is C16H13N3. The average Bonchev–Trinajstić information content (AvgIpc) is 2.48. The number of aromatic nitrogens is 2. The van der Waals surface area contributed by atoms with Crippen molar-refractivity contribution < 1.29 is 0 Å². The molecule has 0 aliphatic carbocycles. The molecule has 3 nitrogen and oxygen atoms in total. The molecule has 0 atom stereocenters. The molecular weight excluding hydrogens is 234 g/mol. The van der Waals surface area contributed by atoms with Crippen LogP contribution in [-0.4, -0.2) is 9.97 Å². The first-order chi connectivity index (χ1) is 9.33. The fourth-order valence-electron chi connectivity index (χ4n) is 2.07. The third-order valence-electron chi connectivity index (χ3n) is 2.98. The summed E-state index contributed by atoms with van der Waals surface area (Å²) in [6, 6.07) is 14.0. The molecule has 0 unspecified atom stereocenters. The van der Waals surface area contributed by atoms with Gasteiger partial charge in [0.1, 0.15) is 0 Å². The summed E-state index contributed by atoms with van der Waals surface area (Å²) in [5, 5.41) is 0. The minimum absolute atomic E-state index is 0.751.